The van der Waals surface area contributed by atoms with Gasteiger partial charge in [-0.25, -0.2) is 4.79 Å². The summed E-state index contributed by atoms with van der Waals surface area (Å²) < 4.78 is 7.19. The van der Waals surface area contributed by atoms with Crippen molar-refractivity contribution in [3.63, 3.8) is 0 Å². The lowest BCUT2D eigenvalue weighted by atomic mass is 9.99. The highest BCUT2D eigenvalue weighted by Gasteiger charge is 2.25. The molecule has 0 spiro atoms. The van der Waals surface area contributed by atoms with Crippen molar-refractivity contribution >= 4 is 54.8 Å². The number of hydrogen-bond acceptors (Lipinski definition) is 4. The number of benzene rings is 2. The van der Waals surface area contributed by atoms with E-state index in [0.717, 1.165) is 25.8 Å². The van der Waals surface area contributed by atoms with Gasteiger partial charge in [-0.05, 0) is 48.9 Å². The Morgan fingerprint density at radius 1 is 1.08 bits per heavy atom. The number of rotatable bonds is 4. The second-order valence-electron chi connectivity index (χ2n) is 5.35. The van der Waals surface area contributed by atoms with Crippen molar-refractivity contribution in [3.8, 4) is 0 Å². The fourth-order valence-corrected chi connectivity index (χ4v) is 3.03. The molecule has 128 valence electrons. The molecule has 0 aliphatic carbocycles. The highest BCUT2D eigenvalue weighted by molar-refractivity contribution is 9.10. The molecule has 0 radical (unpaired) electrons. The Balaban J connectivity index is 1.97. The van der Waals surface area contributed by atoms with Gasteiger partial charge in [0.05, 0.1) is 18.8 Å². The number of halogens is 2. The largest absolute Gasteiger partial charge is 0.461 e. The third-order valence-electron chi connectivity index (χ3n) is 3.69. The Bertz CT molecular complexity index is 828. The number of anilines is 1. The van der Waals surface area contributed by atoms with Gasteiger partial charge in [-0.2, -0.15) is 5.10 Å². The van der Waals surface area contributed by atoms with Crippen molar-refractivity contribution in [2.24, 2.45) is 5.10 Å². The van der Waals surface area contributed by atoms with Crippen molar-refractivity contribution < 1.29 is 9.53 Å². The van der Waals surface area contributed by atoms with Gasteiger partial charge in [-0.15, -0.1) is 0 Å². The van der Waals surface area contributed by atoms with Crippen LogP contribution in [-0.2, 0) is 9.53 Å². The summed E-state index contributed by atoms with van der Waals surface area (Å²) in [5, 5.41) is 6.35. The molecule has 0 atom stereocenters. The summed E-state index contributed by atoms with van der Waals surface area (Å²) in [6.45, 7) is 2.68. The molecule has 0 saturated carbocycles. The standard InChI is InChI=1S/C19H16Br2N2O2/c1-2-25-19(24)18-17(13-3-5-14(20)6-4-13)11-12-23(22-18)16-9-7-15(21)8-10-16/h3-11H,2,12H2,1H3. The van der Waals surface area contributed by atoms with E-state index < -0.39 is 5.97 Å². The number of carbonyl (C=O) groups excluding carboxylic acids is 1. The lowest BCUT2D eigenvalue weighted by molar-refractivity contribution is -0.134. The van der Waals surface area contributed by atoms with Gasteiger partial charge in [0.2, 0.25) is 0 Å². The Morgan fingerprint density at radius 3 is 2.28 bits per heavy atom. The van der Waals surface area contributed by atoms with E-state index in [1.54, 1.807) is 11.9 Å². The predicted molar refractivity (Wildman–Crippen MR) is 108 cm³/mol. The zero-order valence-corrected chi connectivity index (χ0v) is 16.7. The summed E-state index contributed by atoms with van der Waals surface area (Å²) >= 11 is 6.86. The van der Waals surface area contributed by atoms with Crippen LogP contribution < -0.4 is 5.01 Å². The van der Waals surface area contributed by atoms with E-state index in [2.05, 4.69) is 37.0 Å². The Hall–Kier alpha value is -1.92. The van der Waals surface area contributed by atoms with Crippen LogP contribution in [0.25, 0.3) is 5.57 Å². The minimum absolute atomic E-state index is 0.309. The van der Waals surface area contributed by atoms with Crippen LogP contribution in [0.2, 0.25) is 0 Å². The highest BCUT2D eigenvalue weighted by atomic mass is 79.9. The number of esters is 1. The Kier molecular flexibility index (Phi) is 5.71. The molecule has 2 aromatic carbocycles. The van der Waals surface area contributed by atoms with Crippen LogP contribution in [0, 0.1) is 0 Å². The maximum atomic E-state index is 12.4. The number of ether oxygens (including phenoxy) is 1. The number of nitrogens with zero attached hydrogens (tertiary/aromatic N) is 2. The van der Waals surface area contributed by atoms with Gasteiger partial charge in [0.15, 0.2) is 5.71 Å². The summed E-state index contributed by atoms with van der Waals surface area (Å²) in [6, 6.07) is 15.6. The maximum absolute atomic E-state index is 12.4. The molecule has 0 bridgehead atoms. The molecule has 1 heterocycles. The molecular weight excluding hydrogens is 448 g/mol. The van der Waals surface area contributed by atoms with Crippen LogP contribution in [-0.4, -0.2) is 24.8 Å². The van der Waals surface area contributed by atoms with E-state index in [-0.39, 0.29) is 0 Å². The summed E-state index contributed by atoms with van der Waals surface area (Å²) in [6.07, 6.45) is 2.00. The van der Waals surface area contributed by atoms with Crippen LogP contribution in [0.15, 0.2) is 68.7 Å². The Labute approximate surface area is 163 Å². The minimum atomic E-state index is -0.418. The molecule has 0 unspecified atom stereocenters. The van der Waals surface area contributed by atoms with Gasteiger partial charge in [-0.1, -0.05) is 50.1 Å². The molecule has 1 aliphatic heterocycles. The normalized spacial score (nSPS) is 14.0. The average Bonchev–Trinajstić information content (AvgIpc) is 2.63. The smallest absolute Gasteiger partial charge is 0.359 e. The van der Waals surface area contributed by atoms with Crippen LogP contribution in [0.3, 0.4) is 0 Å². The van der Waals surface area contributed by atoms with E-state index in [0.29, 0.717) is 18.9 Å². The van der Waals surface area contributed by atoms with E-state index in [4.69, 9.17) is 4.74 Å². The molecule has 2 aromatic rings. The van der Waals surface area contributed by atoms with Gasteiger partial charge < -0.3 is 4.74 Å². The number of hydrazone groups is 1. The SMILES string of the molecule is CCOC(=O)C1=NN(c2ccc(Br)cc2)CC=C1c1ccc(Br)cc1. The maximum Gasteiger partial charge on any atom is 0.359 e. The van der Waals surface area contributed by atoms with E-state index >= 15 is 0 Å². The Morgan fingerprint density at radius 2 is 1.68 bits per heavy atom. The third-order valence-corrected chi connectivity index (χ3v) is 4.75. The lowest BCUT2D eigenvalue weighted by Gasteiger charge is -2.24. The van der Waals surface area contributed by atoms with E-state index in [1.165, 1.54) is 0 Å². The van der Waals surface area contributed by atoms with Crippen molar-refractivity contribution in [3.05, 3.63) is 69.1 Å². The van der Waals surface area contributed by atoms with Crippen LogP contribution >= 0.6 is 31.9 Å². The van der Waals surface area contributed by atoms with Crippen molar-refractivity contribution in [2.75, 3.05) is 18.2 Å². The lowest BCUT2D eigenvalue weighted by Crippen LogP contribution is -2.30. The zero-order valence-electron chi connectivity index (χ0n) is 13.6. The molecular formula is C19H16Br2N2O2. The first-order valence-corrected chi connectivity index (χ1v) is 9.42. The fourth-order valence-electron chi connectivity index (χ4n) is 2.50. The molecule has 1 aliphatic rings. The van der Waals surface area contributed by atoms with Gasteiger partial charge in [0, 0.05) is 14.5 Å². The number of carbonyl (C=O) groups is 1. The molecule has 0 aromatic heterocycles. The van der Waals surface area contributed by atoms with Gasteiger partial charge in [0.1, 0.15) is 0 Å². The first-order chi connectivity index (χ1) is 12.1. The van der Waals surface area contributed by atoms with Crippen LogP contribution in [0.1, 0.15) is 12.5 Å². The van der Waals surface area contributed by atoms with Gasteiger partial charge in [-0.3, -0.25) is 5.01 Å². The topological polar surface area (TPSA) is 41.9 Å². The molecule has 0 N–H and O–H groups in total. The second-order valence-corrected chi connectivity index (χ2v) is 7.18. The fraction of sp³-hybridized carbons (Fsp3) is 0.158. The quantitative estimate of drug-likeness (QED) is 0.597. The highest BCUT2D eigenvalue weighted by Crippen LogP contribution is 2.26. The zero-order chi connectivity index (χ0) is 17.8. The molecule has 4 nitrogen and oxygen atoms in total. The first-order valence-electron chi connectivity index (χ1n) is 7.84. The number of hydrogen-bond donors (Lipinski definition) is 0. The van der Waals surface area contributed by atoms with E-state index in [1.807, 2.05) is 54.6 Å². The van der Waals surface area contributed by atoms with Crippen LogP contribution in [0.5, 0.6) is 0 Å². The molecule has 6 heteroatoms. The molecule has 0 amide bonds. The third kappa shape index (κ3) is 4.19. The molecule has 0 saturated heterocycles. The monoisotopic (exact) mass is 462 g/mol. The van der Waals surface area contributed by atoms with E-state index in [9.17, 15) is 4.79 Å². The predicted octanol–water partition coefficient (Wildman–Crippen LogP) is 5.03. The van der Waals surface area contributed by atoms with Crippen LogP contribution in [0.4, 0.5) is 5.69 Å². The average molecular weight is 464 g/mol. The molecule has 0 fully saturated rings. The molecule has 25 heavy (non-hydrogen) atoms. The summed E-state index contributed by atoms with van der Waals surface area (Å²) in [5.41, 5.74) is 2.96. The first kappa shape index (κ1) is 17.9. The molecule has 3 rings (SSSR count). The minimum Gasteiger partial charge on any atom is -0.461 e. The summed E-state index contributed by atoms with van der Waals surface area (Å²) in [4.78, 5) is 12.4. The van der Waals surface area contributed by atoms with Gasteiger partial charge >= 0.3 is 5.97 Å². The van der Waals surface area contributed by atoms with Crippen molar-refractivity contribution in [1.29, 1.82) is 0 Å². The second kappa shape index (κ2) is 7.97. The summed E-state index contributed by atoms with van der Waals surface area (Å²) in [5.74, 6) is -0.418. The van der Waals surface area contributed by atoms with Crippen molar-refractivity contribution in [1.82, 2.24) is 0 Å². The van der Waals surface area contributed by atoms with Crippen molar-refractivity contribution in [2.45, 2.75) is 6.92 Å². The summed E-state index contributed by atoms with van der Waals surface area (Å²) in [7, 11) is 0. The van der Waals surface area contributed by atoms with Gasteiger partial charge in [0.25, 0.3) is 0 Å².